The van der Waals surface area contributed by atoms with Gasteiger partial charge in [-0.1, -0.05) is 6.92 Å². The smallest absolute Gasteiger partial charge is 0.0880 e. The van der Waals surface area contributed by atoms with Crippen LogP contribution in [0.25, 0.3) is 0 Å². The van der Waals surface area contributed by atoms with E-state index in [1.54, 1.807) is 0 Å². The molecular weight excluding hydrogens is 152 g/mol. The highest BCUT2D eigenvalue weighted by Gasteiger charge is 2.31. The summed E-state index contributed by atoms with van der Waals surface area (Å²) in [5, 5.41) is 10.00. The molecule has 1 rings (SSSR count). The van der Waals surface area contributed by atoms with E-state index >= 15 is 0 Å². The Bertz CT molecular complexity index is 120. The van der Waals surface area contributed by atoms with Crippen LogP contribution in [0.5, 0.6) is 0 Å². The predicted octanol–water partition coefficient (Wildman–Crippen LogP) is 1.96. The van der Waals surface area contributed by atoms with Crippen molar-refractivity contribution < 1.29 is 9.84 Å². The zero-order valence-corrected chi connectivity index (χ0v) is 8.18. The van der Waals surface area contributed by atoms with Gasteiger partial charge in [0.15, 0.2) is 0 Å². The molecule has 1 aliphatic rings. The molecule has 0 amide bonds. The fourth-order valence-corrected chi connectivity index (χ4v) is 1.74. The van der Waals surface area contributed by atoms with Crippen molar-refractivity contribution in [3.63, 3.8) is 0 Å². The summed E-state index contributed by atoms with van der Waals surface area (Å²) in [7, 11) is 0. The van der Waals surface area contributed by atoms with Crippen molar-refractivity contribution in [1.29, 1.82) is 0 Å². The third-order valence-corrected chi connectivity index (χ3v) is 2.78. The van der Waals surface area contributed by atoms with E-state index in [1.165, 1.54) is 0 Å². The van der Waals surface area contributed by atoms with Crippen LogP contribution < -0.4 is 0 Å². The highest BCUT2D eigenvalue weighted by Crippen LogP contribution is 2.31. The maximum Gasteiger partial charge on any atom is 0.0880 e. The quantitative estimate of drug-likeness (QED) is 0.705. The monoisotopic (exact) mass is 172 g/mol. The van der Waals surface area contributed by atoms with Crippen molar-refractivity contribution in [3.05, 3.63) is 0 Å². The first-order valence-corrected chi connectivity index (χ1v) is 4.96. The molecule has 0 heterocycles. The van der Waals surface area contributed by atoms with Crippen LogP contribution >= 0.6 is 0 Å². The molecule has 0 bridgehead atoms. The molecule has 0 aliphatic heterocycles. The Morgan fingerprint density at radius 1 is 1.42 bits per heavy atom. The van der Waals surface area contributed by atoms with E-state index in [9.17, 15) is 5.11 Å². The maximum absolute atomic E-state index is 10.00. The molecule has 0 atom stereocenters. The lowest BCUT2D eigenvalue weighted by Crippen LogP contribution is -2.38. The summed E-state index contributed by atoms with van der Waals surface area (Å²) in [6, 6.07) is 0. The minimum absolute atomic E-state index is 0.511. The summed E-state index contributed by atoms with van der Waals surface area (Å²) >= 11 is 0. The van der Waals surface area contributed by atoms with E-state index in [4.69, 9.17) is 4.74 Å². The van der Waals surface area contributed by atoms with Crippen LogP contribution in [-0.2, 0) is 4.74 Å². The van der Waals surface area contributed by atoms with E-state index in [-0.39, 0.29) is 0 Å². The van der Waals surface area contributed by atoms with Crippen molar-refractivity contribution in [2.75, 3.05) is 13.2 Å². The standard InChI is InChI=1S/C10H20O2/c1-3-12-8-10(11)6-4-9(2)5-7-10/h9,11H,3-8H2,1-2H3. The van der Waals surface area contributed by atoms with Gasteiger partial charge in [-0.25, -0.2) is 0 Å². The van der Waals surface area contributed by atoms with E-state index in [0.29, 0.717) is 13.2 Å². The van der Waals surface area contributed by atoms with Crippen LogP contribution in [0.3, 0.4) is 0 Å². The average Bonchev–Trinajstić information content (AvgIpc) is 2.08. The molecule has 1 fully saturated rings. The molecular formula is C10H20O2. The first-order valence-electron chi connectivity index (χ1n) is 4.96. The molecule has 1 saturated carbocycles. The molecule has 72 valence electrons. The Morgan fingerprint density at radius 2 is 2.00 bits per heavy atom. The Morgan fingerprint density at radius 3 is 2.50 bits per heavy atom. The highest BCUT2D eigenvalue weighted by molar-refractivity contribution is 4.83. The number of rotatable bonds is 3. The first-order chi connectivity index (χ1) is 5.66. The third kappa shape index (κ3) is 2.76. The molecule has 1 N–H and O–H groups in total. The van der Waals surface area contributed by atoms with Crippen molar-refractivity contribution in [1.82, 2.24) is 0 Å². The lowest BCUT2D eigenvalue weighted by Gasteiger charge is -2.34. The van der Waals surface area contributed by atoms with Gasteiger partial charge in [-0.15, -0.1) is 0 Å². The Kier molecular flexibility index (Phi) is 3.53. The molecule has 2 nitrogen and oxygen atoms in total. The summed E-state index contributed by atoms with van der Waals surface area (Å²) in [4.78, 5) is 0. The van der Waals surface area contributed by atoms with Gasteiger partial charge in [0, 0.05) is 6.61 Å². The second-order valence-corrected chi connectivity index (χ2v) is 4.04. The molecule has 0 unspecified atom stereocenters. The van der Waals surface area contributed by atoms with E-state index in [1.807, 2.05) is 6.92 Å². The summed E-state index contributed by atoms with van der Waals surface area (Å²) < 4.78 is 5.26. The second kappa shape index (κ2) is 4.24. The molecule has 0 aromatic rings. The average molecular weight is 172 g/mol. The Balaban J connectivity index is 2.29. The molecule has 0 aromatic carbocycles. The van der Waals surface area contributed by atoms with Crippen LogP contribution in [0, 0.1) is 5.92 Å². The molecule has 0 radical (unpaired) electrons. The minimum atomic E-state index is -0.511. The van der Waals surface area contributed by atoms with Crippen LogP contribution in [0.4, 0.5) is 0 Å². The van der Waals surface area contributed by atoms with Gasteiger partial charge in [0.2, 0.25) is 0 Å². The van der Waals surface area contributed by atoms with Crippen LogP contribution in [0.2, 0.25) is 0 Å². The summed E-state index contributed by atoms with van der Waals surface area (Å²) in [6.45, 7) is 5.45. The number of ether oxygens (including phenoxy) is 1. The predicted molar refractivity (Wildman–Crippen MR) is 49.1 cm³/mol. The number of hydrogen-bond donors (Lipinski definition) is 1. The topological polar surface area (TPSA) is 29.5 Å². The Hall–Kier alpha value is -0.0800. The van der Waals surface area contributed by atoms with Crippen LogP contribution in [0.15, 0.2) is 0 Å². The summed E-state index contributed by atoms with van der Waals surface area (Å²) in [6.07, 6.45) is 4.11. The van der Waals surface area contributed by atoms with Gasteiger partial charge < -0.3 is 9.84 Å². The third-order valence-electron chi connectivity index (χ3n) is 2.78. The lowest BCUT2D eigenvalue weighted by atomic mass is 9.80. The summed E-state index contributed by atoms with van der Waals surface area (Å²) in [5.41, 5.74) is -0.511. The molecule has 12 heavy (non-hydrogen) atoms. The fraction of sp³-hybridized carbons (Fsp3) is 1.00. The molecule has 0 saturated heterocycles. The van der Waals surface area contributed by atoms with Crippen molar-refractivity contribution in [2.45, 2.75) is 45.1 Å². The van der Waals surface area contributed by atoms with Gasteiger partial charge in [-0.2, -0.15) is 0 Å². The van der Waals surface area contributed by atoms with Gasteiger partial charge in [0.05, 0.1) is 12.2 Å². The summed E-state index contributed by atoms with van der Waals surface area (Å²) in [5.74, 6) is 0.784. The normalized spacial score (nSPS) is 36.8. The van der Waals surface area contributed by atoms with Gasteiger partial charge in [0.1, 0.15) is 0 Å². The van der Waals surface area contributed by atoms with E-state index in [2.05, 4.69) is 6.92 Å². The Labute approximate surface area is 74.9 Å². The SMILES string of the molecule is CCOCC1(O)CCC(C)CC1. The zero-order chi connectivity index (χ0) is 9.03. The molecule has 1 aliphatic carbocycles. The van der Waals surface area contributed by atoms with E-state index < -0.39 is 5.60 Å². The van der Waals surface area contributed by atoms with Gasteiger partial charge in [-0.3, -0.25) is 0 Å². The van der Waals surface area contributed by atoms with Gasteiger partial charge in [-0.05, 0) is 38.5 Å². The largest absolute Gasteiger partial charge is 0.387 e. The van der Waals surface area contributed by atoms with Crippen molar-refractivity contribution >= 4 is 0 Å². The van der Waals surface area contributed by atoms with Crippen molar-refractivity contribution in [2.24, 2.45) is 5.92 Å². The zero-order valence-electron chi connectivity index (χ0n) is 8.18. The van der Waals surface area contributed by atoms with Crippen LogP contribution in [-0.4, -0.2) is 23.9 Å². The molecule has 0 aromatic heterocycles. The molecule has 2 heteroatoms. The maximum atomic E-state index is 10.00. The fourth-order valence-electron chi connectivity index (χ4n) is 1.74. The number of aliphatic hydroxyl groups is 1. The first kappa shape index (κ1) is 10.0. The second-order valence-electron chi connectivity index (χ2n) is 4.04. The molecule has 0 spiro atoms. The van der Waals surface area contributed by atoms with Gasteiger partial charge >= 0.3 is 0 Å². The number of hydrogen-bond acceptors (Lipinski definition) is 2. The lowest BCUT2D eigenvalue weighted by molar-refractivity contribution is -0.0723. The highest BCUT2D eigenvalue weighted by atomic mass is 16.5. The van der Waals surface area contributed by atoms with Crippen LogP contribution in [0.1, 0.15) is 39.5 Å². The minimum Gasteiger partial charge on any atom is -0.387 e. The van der Waals surface area contributed by atoms with Gasteiger partial charge in [0.25, 0.3) is 0 Å². The van der Waals surface area contributed by atoms with E-state index in [0.717, 1.165) is 31.6 Å². The van der Waals surface area contributed by atoms with Crippen molar-refractivity contribution in [3.8, 4) is 0 Å².